The van der Waals surface area contributed by atoms with Crippen molar-refractivity contribution in [2.45, 2.75) is 34.6 Å². The Balaban J connectivity index is 2.05. The van der Waals surface area contributed by atoms with Gasteiger partial charge in [0, 0.05) is 12.2 Å². The van der Waals surface area contributed by atoms with Crippen LogP contribution in [0.2, 0.25) is 0 Å². The summed E-state index contributed by atoms with van der Waals surface area (Å²) in [5.41, 5.74) is 4.41. The number of amides is 2. The van der Waals surface area contributed by atoms with Crippen molar-refractivity contribution >= 4 is 23.1 Å². The van der Waals surface area contributed by atoms with Gasteiger partial charge in [-0.1, -0.05) is 43.7 Å². The molecule has 0 aromatic heterocycles. The summed E-state index contributed by atoms with van der Waals surface area (Å²) in [4.78, 5) is 27.7. The molecule has 0 bridgehead atoms. The first-order valence-corrected chi connectivity index (χ1v) is 9.99. The molecule has 2 aromatic carbocycles. The van der Waals surface area contributed by atoms with Crippen LogP contribution in [0.15, 0.2) is 48.2 Å². The van der Waals surface area contributed by atoms with Crippen LogP contribution in [0.5, 0.6) is 5.75 Å². The third-order valence-corrected chi connectivity index (χ3v) is 4.81. The molecule has 5 heteroatoms. The number of nitrogens with one attached hydrogen (secondary N) is 1. The van der Waals surface area contributed by atoms with Crippen molar-refractivity contribution in [2.24, 2.45) is 5.92 Å². The van der Waals surface area contributed by atoms with Gasteiger partial charge in [0.25, 0.3) is 11.8 Å². The fourth-order valence-corrected chi connectivity index (χ4v) is 3.46. The lowest BCUT2D eigenvalue weighted by atomic mass is 10.0. The molecule has 1 aliphatic heterocycles. The molecule has 0 saturated carbocycles. The number of carbonyl (C=O) groups is 2. The summed E-state index contributed by atoms with van der Waals surface area (Å²) in [5, 5.41) is 3.24. The second-order valence-corrected chi connectivity index (χ2v) is 7.77. The predicted molar refractivity (Wildman–Crippen MR) is 116 cm³/mol. The van der Waals surface area contributed by atoms with Crippen LogP contribution in [-0.2, 0) is 9.59 Å². The van der Waals surface area contributed by atoms with Crippen molar-refractivity contribution in [1.29, 1.82) is 0 Å². The summed E-state index contributed by atoms with van der Waals surface area (Å²) in [5.74, 6) is 0.370. The zero-order valence-electron chi connectivity index (χ0n) is 17.7. The van der Waals surface area contributed by atoms with Gasteiger partial charge >= 0.3 is 0 Å². The molecule has 1 aliphatic rings. The molecule has 1 heterocycles. The molecule has 29 heavy (non-hydrogen) atoms. The van der Waals surface area contributed by atoms with Crippen molar-refractivity contribution in [2.75, 3.05) is 18.5 Å². The summed E-state index contributed by atoms with van der Waals surface area (Å²) in [7, 11) is 0. The Labute approximate surface area is 172 Å². The van der Waals surface area contributed by atoms with E-state index < -0.39 is 0 Å². The first-order valence-electron chi connectivity index (χ1n) is 9.99. The van der Waals surface area contributed by atoms with Gasteiger partial charge in [-0.3, -0.25) is 14.5 Å². The monoisotopic (exact) mass is 392 g/mol. The Morgan fingerprint density at radius 1 is 1.00 bits per heavy atom. The molecular formula is C24H28N2O3. The number of hydrogen-bond acceptors (Lipinski definition) is 4. The third kappa shape index (κ3) is 4.34. The Morgan fingerprint density at radius 3 is 2.28 bits per heavy atom. The van der Waals surface area contributed by atoms with E-state index >= 15 is 0 Å². The average Bonchev–Trinajstić information content (AvgIpc) is 2.89. The number of carbonyl (C=O) groups excluding carboxylic acids is 2. The predicted octanol–water partition coefficient (Wildman–Crippen LogP) is 4.55. The van der Waals surface area contributed by atoms with Crippen LogP contribution in [0.3, 0.4) is 0 Å². The molecule has 0 unspecified atom stereocenters. The molecule has 2 amide bonds. The summed E-state index contributed by atoms with van der Waals surface area (Å²) >= 11 is 0. The van der Waals surface area contributed by atoms with Gasteiger partial charge in [0.2, 0.25) is 0 Å². The quantitative estimate of drug-likeness (QED) is 0.702. The summed E-state index contributed by atoms with van der Waals surface area (Å²) in [6.45, 7) is 10.9. The average molecular weight is 392 g/mol. The molecule has 0 saturated heterocycles. The van der Waals surface area contributed by atoms with Gasteiger partial charge in [-0.25, -0.2) is 0 Å². The molecule has 1 N–H and O–H groups in total. The molecule has 152 valence electrons. The van der Waals surface area contributed by atoms with Crippen LogP contribution >= 0.6 is 0 Å². The van der Waals surface area contributed by atoms with Crippen LogP contribution in [-0.4, -0.2) is 29.9 Å². The van der Waals surface area contributed by atoms with Gasteiger partial charge in [-0.2, -0.15) is 0 Å². The maximum absolute atomic E-state index is 13.2. The van der Waals surface area contributed by atoms with E-state index in [-0.39, 0.29) is 17.7 Å². The highest BCUT2D eigenvalue weighted by atomic mass is 16.5. The Hall–Kier alpha value is -3.08. The molecular weight excluding hydrogens is 364 g/mol. The van der Waals surface area contributed by atoms with E-state index in [0.29, 0.717) is 30.0 Å². The minimum atomic E-state index is -0.285. The van der Waals surface area contributed by atoms with Crippen LogP contribution < -0.4 is 10.1 Å². The highest BCUT2D eigenvalue weighted by Crippen LogP contribution is 2.32. The fraction of sp³-hybridized carbons (Fsp3) is 0.333. The number of rotatable bonds is 7. The van der Waals surface area contributed by atoms with Gasteiger partial charge in [-0.15, -0.1) is 0 Å². The van der Waals surface area contributed by atoms with E-state index in [2.05, 4.69) is 5.32 Å². The fourth-order valence-electron chi connectivity index (χ4n) is 3.46. The SMILES string of the molecule is CCOc1ccc(C2=C(Nc3ccc(C)cc3C)C(=O)N(CC(C)C)C2=O)cc1. The third-order valence-electron chi connectivity index (χ3n) is 4.81. The highest BCUT2D eigenvalue weighted by Gasteiger charge is 2.39. The van der Waals surface area contributed by atoms with Crippen LogP contribution in [0.4, 0.5) is 5.69 Å². The second-order valence-electron chi connectivity index (χ2n) is 7.77. The number of aryl methyl sites for hydroxylation is 2. The van der Waals surface area contributed by atoms with E-state index in [4.69, 9.17) is 4.74 Å². The van der Waals surface area contributed by atoms with Crippen LogP contribution in [0, 0.1) is 19.8 Å². The summed E-state index contributed by atoms with van der Waals surface area (Å²) in [6, 6.07) is 13.3. The molecule has 2 aromatic rings. The Bertz CT molecular complexity index is 959. The standard InChI is InChI=1S/C24H28N2O3/c1-6-29-19-10-8-18(9-11-19)21-22(24(28)26(23(21)27)14-15(2)3)25-20-12-7-16(4)13-17(20)5/h7-13,15,25H,6,14H2,1-5H3. The molecule has 5 nitrogen and oxygen atoms in total. The molecule has 0 atom stereocenters. The van der Waals surface area contributed by atoms with E-state index in [0.717, 1.165) is 22.6 Å². The zero-order valence-corrected chi connectivity index (χ0v) is 17.7. The van der Waals surface area contributed by atoms with E-state index in [1.807, 2.05) is 77.1 Å². The Morgan fingerprint density at radius 2 is 1.69 bits per heavy atom. The number of nitrogens with zero attached hydrogens (tertiary/aromatic N) is 1. The maximum Gasteiger partial charge on any atom is 0.278 e. The van der Waals surface area contributed by atoms with Crippen molar-refractivity contribution in [3.8, 4) is 5.75 Å². The Kier molecular flexibility index (Phi) is 6.06. The van der Waals surface area contributed by atoms with Crippen molar-refractivity contribution in [3.05, 3.63) is 64.9 Å². The molecule has 3 rings (SSSR count). The first kappa shape index (κ1) is 20.6. The van der Waals surface area contributed by atoms with Gasteiger partial charge < -0.3 is 10.1 Å². The minimum Gasteiger partial charge on any atom is -0.494 e. The molecule has 0 fully saturated rings. The lowest BCUT2D eigenvalue weighted by Gasteiger charge is -2.17. The van der Waals surface area contributed by atoms with Gasteiger partial charge in [0.15, 0.2) is 0 Å². The molecule has 0 radical (unpaired) electrons. The highest BCUT2D eigenvalue weighted by molar-refractivity contribution is 6.36. The summed E-state index contributed by atoms with van der Waals surface area (Å²) < 4.78 is 5.50. The number of imide groups is 1. The number of anilines is 1. The molecule has 0 spiro atoms. The number of ether oxygens (including phenoxy) is 1. The minimum absolute atomic E-state index is 0.185. The number of hydrogen-bond donors (Lipinski definition) is 1. The zero-order chi connectivity index (χ0) is 21.1. The van der Waals surface area contributed by atoms with Crippen molar-refractivity contribution in [1.82, 2.24) is 4.90 Å². The smallest absolute Gasteiger partial charge is 0.278 e. The normalized spacial score (nSPS) is 14.2. The first-order chi connectivity index (χ1) is 13.8. The van der Waals surface area contributed by atoms with Gasteiger partial charge in [-0.05, 0) is 56.0 Å². The van der Waals surface area contributed by atoms with Crippen LogP contribution in [0.25, 0.3) is 5.57 Å². The van der Waals surface area contributed by atoms with E-state index in [9.17, 15) is 9.59 Å². The summed E-state index contributed by atoms with van der Waals surface area (Å²) in [6.07, 6.45) is 0. The van der Waals surface area contributed by atoms with Gasteiger partial charge in [0.1, 0.15) is 11.4 Å². The lowest BCUT2D eigenvalue weighted by molar-refractivity contribution is -0.137. The largest absolute Gasteiger partial charge is 0.494 e. The van der Waals surface area contributed by atoms with Gasteiger partial charge in [0.05, 0.1) is 12.2 Å². The van der Waals surface area contributed by atoms with E-state index in [1.54, 1.807) is 0 Å². The lowest BCUT2D eigenvalue weighted by Crippen LogP contribution is -2.35. The van der Waals surface area contributed by atoms with Crippen molar-refractivity contribution in [3.63, 3.8) is 0 Å². The van der Waals surface area contributed by atoms with Crippen molar-refractivity contribution < 1.29 is 14.3 Å². The number of benzene rings is 2. The van der Waals surface area contributed by atoms with Crippen LogP contribution in [0.1, 0.15) is 37.5 Å². The maximum atomic E-state index is 13.2. The molecule has 0 aliphatic carbocycles. The van der Waals surface area contributed by atoms with E-state index in [1.165, 1.54) is 4.90 Å². The second kappa shape index (κ2) is 8.52. The topological polar surface area (TPSA) is 58.6 Å².